The van der Waals surface area contributed by atoms with E-state index in [1.54, 1.807) is 6.20 Å². The maximum absolute atomic E-state index is 8.72. The summed E-state index contributed by atoms with van der Waals surface area (Å²) in [7, 11) is 2.07. The van der Waals surface area contributed by atoms with Crippen LogP contribution in [-0.2, 0) is 0 Å². The largest absolute Gasteiger partial charge is 0.409 e. The zero-order valence-corrected chi connectivity index (χ0v) is 12.2. The number of nitrogens with zero attached hydrogens (tertiary/aromatic N) is 4. The molecular weight excluding hydrogens is 254 g/mol. The van der Waals surface area contributed by atoms with E-state index in [0.29, 0.717) is 11.7 Å². The summed E-state index contributed by atoms with van der Waals surface area (Å²) in [5.74, 6) is 0.0382. The molecule has 2 rings (SSSR count). The van der Waals surface area contributed by atoms with Crippen LogP contribution in [0.15, 0.2) is 23.5 Å². The lowest BCUT2D eigenvalue weighted by atomic mass is 10.2. The van der Waals surface area contributed by atoms with Crippen molar-refractivity contribution in [1.29, 1.82) is 0 Å². The summed E-state index contributed by atoms with van der Waals surface area (Å²) in [6.07, 6.45) is 4.21. The first-order valence-electron chi connectivity index (χ1n) is 7.04. The summed E-state index contributed by atoms with van der Waals surface area (Å²) in [4.78, 5) is 8.82. The highest BCUT2D eigenvalue weighted by Crippen LogP contribution is 2.20. The van der Waals surface area contributed by atoms with Crippen LogP contribution >= 0.6 is 0 Å². The average molecular weight is 277 g/mol. The van der Waals surface area contributed by atoms with E-state index in [-0.39, 0.29) is 5.84 Å². The van der Waals surface area contributed by atoms with Crippen molar-refractivity contribution in [2.24, 2.45) is 10.9 Å². The molecule has 6 heteroatoms. The van der Waals surface area contributed by atoms with Crippen LogP contribution in [-0.4, -0.2) is 53.7 Å². The first-order chi connectivity index (χ1) is 9.65. The molecule has 110 valence electrons. The normalized spacial score (nSPS) is 20.3. The summed E-state index contributed by atoms with van der Waals surface area (Å²) < 4.78 is 0. The molecule has 1 aromatic rings. The second kappa shape index (κ2) is 6.56. The fourth-order valence-electron chi connectivity index (χ4n) is 2.79. The molecule has 1 unspecified atom stereocenters. The number of hydrogen-bond acceptors (Lipinski definition) is 5. The fourth-order valence-corrected chi connectivity index (χ4v) is 2.79. The summed E-state index contributed by atoms with van der Waals surface area (Å²) in [6.45, 7) is 5.49. The molecule has 1 aromatic heterocycles. The highest BCUT2D eigenvalue weighted by molar-refractivity contribution is 5.95. The van der Waals surface area contributed by atoms with Crippen LogP contribution < -0.4 is 10.6 Å². The first kappa shape index (κ1) is 14.6. The zero-order valence-electron chi connectivity index (χ0n) is 12.2. The van der Waals surface area contributed by atoms with Gasteiger partial charge in [0, 0.05) is 31.5 Å². The molecule has 0 spiro atoms. The molecule has 2 heterocycles. The van der Waals surface area contributed by atoms with Gasteiger partial charge in [-0.3, -0.25) is 9.88 Å². The Morgan fingerprint density at radius 3 is 3.15 bits per heavy atom. The van der Waals surface area contributed by atoms with Crippen molar-refractivity contribution >= 4 is 11.5 Å². The van der Waals surface area contributed by atoms with Crippen molar-refractivity contribution < 1.29 is 5.21 Å². The molecule has 1 saturated heterocycles. The summed E-state index contributed by atoms with van der Waals surface area (Å²) in [6, 6.07) is 4.39. The third-order valence-electron chi connectivity index (χ3n) is 3.94. The number of amidine groups is 1. The molecule has 6 nitrogen and oxygen atoms in total. The number of likely N-dealkylation sites (N-methyl/N-ethyl adjacent to an activating group) is 2. The number of rotatable bonds is 5. The monoisotopic (exact) mass is 277 g/mol. The van der Waals surface area contributed by atoms with Gasteiger partial charge in [-0.25, -0.2) is 0 Å². The minimum atomic E-state index is 0.0382. The Kier molecular flexibility index (Phi) is 4.79. The number of nitrogens with two attached hydrogens (primary N) is 1. The van der Waals surface area contributed by atoms with Crippen molar-refractivity contribution in [3.63, 3.8) is 0 Å². The van der Waals surface area contributed by atoms with E-state index in [1.807, 2.05) is 12.1 Å². The van der Waals surface area contributed by atoms with E-state index < -0.39 is 0 Å². The van der Waals surface area contributed by atoms with Crippen molar-refractivity contribution in [3.8, 4) is 0 Å². The molecular formula is C14H23N5O. The first-order valence-corrected chi connectivity index (χ1v) is 7.04. The predicted octanol–water partition coefficient (Wildman–Crippen LogP) is 1.10. The van der Waals surface area contributed by atoms with Crippen molar-refractivity contribution in [1.82, 2.24) is 9.88 Å². The van der Waals surface area contributed by atoms with Gasteiger partial charge in [0.2, 0.25) is 0 Å². The Morgan fingerprint density at radius 2 is 2.45 bits per heavy atom. The smallest absolute Gasteiger partial charge is 0.188 e. The van der Waals surface area contributed by atoms with Crippen LogP contribution in [0.3, 0.4) is 0 Å². The molecule has 1 aliphatic heterocycles. The molecule has 0 saturated carbocycles. The van der Waals surface area contributed by atoms with E-state index in [2.05, 4.69) is 33.9 Å². The van der Waals surface area contributed by atoms with Crippen LogP contribution in [0.2, 0.25) is 0 Å². The van der Waals surface area contributed by atoms with E-state index in [4.69, 9.17) is 10.9 Å². The lowest BCUT2D eigenvalue weighted by Crippen LogP contribution is -2.38. The van der Waals surface area contributed by atoms with E-state index in [0.717, 1.165) is 18.8 Å². The van der Waals surface area contributed by atoms with Gasteiger partial charge in [-0.15, -0.1) is 0 Å². The van der Waals surface area contributed by atoms with Gasteiger partial charge in [0.05, 0.1) is 0 Å². The molecule has 1 fully saturated rings. The van der Waals surface area contributed by atoms with Gasteiger partial charge < -0.3 is 15.8 Å². The molecule has 0 radical (unpaired) electrons. The molecule has 0 bridgehead atoms. The molecule has 1 atom stereocenters. The second-order valence-corrected chi connectivity index (χ2v) is 5.19. The number of anilines is 1. The van der Waals surface area contributed by atoms with Crippen LogP contribution in [0.5, 0.6) is 0 Å². The number of hydrogen-bond donors (Lipinski definition) is 2. The molecule has 1 aliphatic rings. The Morgan fingerprint density at radius 1 is 1.65 bits per heavy atom. The third-order valence-corrected chi connectivity index (χ3v) is 3.94. The molecule has 3 N–H and O–H groups in total. The topological polar surface area (TPSA) is 78.0 Å². The number of aromatic nitrogens is 1. The Labute approximate surface area is 119 Å². The summed E-state index contributed by atoms with van der Waals surface area (Å²) in [5.41, 5.74) is 7.11. The minimum absolute atomic E-state index is 0.0382. The number of oxime groups is 1. The Hall–Kier alpha value is -1.82. The lowest BCUT2D eigenvalue weighted by molar-refractivity contribution is 0.270. The van der Waals surface area contributed by atoms with Crippen LogP contribution in [0.1, 0.15) is 25.5 Å². The maximum atomic E-state index is 8.72. The van der Waals surface area contributed by atoms with Gasteiger partial charge in [-0.05, 0) is 38.1 Å². The van der Waals surface area contributed by atoms with Gasteiger partial charge in [-0.2, -0.15) is 0 Å². The summed E-state index contributed by atoms with van der Waals surface area (Å²) >= 11 is 0. The Balaban J connectivity index is 2.07. The van der Waals surface area contributed by atoms with Gasteiger partial charge in [-0.1, -0.05) is 12.1 Å². The average Bonchev–Trinajstić information content (AvgIpc) is 2.93. The van der Waals surface area contributed by atoms with E-state index in [9.17, 15) is 0 Å². The second-order valence-electron chi connectivity index (χ2n) is 5.19. The van der Waals surface area contributed by atoms with Gasteiger partial charge in [0.25, 0.3) is 0 Å². The highest BCUT2D eigenvalue weighted by atomic mass is 16.4. The predicted molar refractivity (Wildman–Crippen MR) is 80.3 cm³/mol. The van der Waals surface area contributed by atoms with Crippen molar-refractivity contribution in [2.75, 3.05) is 31.6 Å². The maximum Gasteiger partial charge on any atom is 0.188 e. The standard InChI is InChI=1S/C14H23N5O/c1-3-19-8-4-5-12(19)10-18(2)11-6-7-16-13(9-11)14(15)17-20/h6-7,9,12,20H,3-5,8,10H2,1-2H3,(H2,15,17). The fraction of sp³-hybridized carbons (Fsp3) is 0.571. The molecule has 20 heavy (non-hydrogen) atoms. The number of likely N-dealkylation sites (tertiary alicyclic amines) is 1. The molecule has 0 aromatic carbocycles. The van der Waals surface area contributed by atoms with Crippen LogP contribution in [0.25, 0.3) is 0 Å². The van der Waals surface area contributed by atoms with Crippen molar-refractivity contribution in [2.45, 2.75) is 25.8 Å². The zero-order chi connectivity index (χ0) is 14.5. The van der Waals surface area contributed by atoms with E-state index in [1.165, 1.54) is 19.4 Å². The summed E-state index contributed by atoms with van der Waals surface area (Å²) in [5, 5.41) is 11.7. The van der Waals surface area contributed by atoms with Gasteiger partial charge in [0.1, 0.15) is 5.69 Å². The minimum Gasteiger partial charge on any atom is -0.409 e. The van der Waals surface area contributed by atoms with Crippen LogP contribution in [0.4, 0.5) is 5.69 Å². The highest BCUT2D eigenvalue weighted by Gasteiger charge is 2.24. The van der Waals surface area contributed by atoms with Crippen LogP contribution in [0, 0.1) is 0 Å². The van der Waals surface area contributed by atoms with Gasteiger partial charge in [0.15, 0.2) is 5.84 Å². The lowest BCUT2D eigenvalue weighted by Gasteiger charge is -2.29. The number of pyridine rings is 1. The van der Waals surface area contributed by atoms with Crippen molar-refractivity contribution in [3.05, 3.63) is 24.0 Å². The van der Waals surface area contributed by atoms with Gasteiger partial charge >= 0.3 is 0 Å². The molecule has 0 amide bonds. The Bertz CT molecular complexity index is 476. The quantitative estimate of drug-likeness (QED) is 0.365. The molecule has 0 aliphatic carbocycles. The van der Waals surface area contributed by atoms with E-state index >= 15 is 0 Å². The third kappa shape index (κ3) is 3.19. The SMILES string of the molecule is CCN1CCCC1CN(C)c1ccnc(C(N)=NO)c1.